The summed E-state index contributed by atoms with van der Waals surface area (Å²) in [6.07, 6.45) is 5.43. The van der Waals surface area contributed by atoms with E-state index in [2.05, 4.69) is 109 Å². The molecule has 10 nitrogen and oxygen atoms in total. The molecule has 1 saturated heterocycles. The number of benzene rings is 4. The van der Waals surface area contributed by atoms with Gasteiger partial charge in [0.25, 0.3) is 0 Å². The van der Waals surface area contributed by atoms with Crippen LogP contribution in [-0.2, 0) is 20.9 Å². The zero-order valence-corrected chi connectivity index (χ0v) is 26.7. The summed E-state index contributed by atoms with van der Waals surface area (Å²) in [6, 6.07) is 33.3. The largest absolute Gasteiger partial charge is 0.468 e. The summed E-state index contributed by atoms with van der Waals surface area (Å²) in [5, 5.41) is 21.5. The van der Waals surface area contributed by atoms with Crippen LogP contribution in [0.3, 0.4) is 0 Å². The molecule has 0 bridgehead atoms. The summed E-state index contributed by atoms with van der Waals surface area (Å²) in [7, 11) is 1.29. The number of methoxy groups -OCH3 is 1. The molecule has 1 amide bonds. The average molecular weight is 643 g/mol. The van der Waals surface area contributed by atoms with Gasteiger partial charge in [0.15, 0.2) is 0 Å². The van der Waals surface area contributed by atoms with Crippen molar-refractivity contribution < 1.29 is 19.4 Å². The summed E-state index contributed by atoms with van der Waals surface area (Å²) in [6.45, 7) is 1.74. The zero-order valence-electron chi connectivity index (χ0n) is 26.7. The number of nitrogens with one attached hydrogen (secondary N) is 3. The molecule has 48 heavy (non-hydrogen) atoms. The fraction of sp³-hybridized carbons (Fsp3) is 0.211. The van der Waals surface area contributed by atoms with E-state index >= 15 is 0 Å². The third kappa shape index (κ3) is 6.84. The molecule has 1 fully saturated rings. The van der Waals surface area contributed by atoms with Crippen molar-refractivity contribution in [1.82, 2.24) is 14.5 Å². The average Bonchev–Trinajstić information content (AvgIpc) is 3.72. The molecule has 0 saturated carbocycles. The molecule has 6 aromatic rings. The topological polar surface area (TPSA) is 113 Å². The highest BCUT2D eigenvalue weighted by molar-refractivity contribution is 5.88. The Bertz CT molecular complexity index is 2060. The van der Waals surface area contributed by atoms with Crippen molar-refractivity contribution in [3.8, 4) is 5.69 Å². The first kappa shape index (κ1) is 30.9. The molecule has 1 aliphatic rings. The number of piperidine rings is 1. The summed E-state index contributed by atoms with van der Waals surface area (Å²) < 4.78 is 8.61. The normalized spacial score (nSPS) is 13.5. The van der Waals surface area contributed by atoms with E-state index in [0.717, 1.165) is 76.2 Å². The lowest BCUT2D eigenvalue weighted by molar-refractivity contribution is -0.141. The number of aliphatic hydroxyl groups is 1. The smallest absolute Gasteiger partial charge is 0.325 e. The lowest BCUT2D eigenvalue weighted by Crippen LogP contribution is -2.35. The van der Waals surface area contributed by atoms with Gasteiger partial charge < -0.3 is 39.8 Å². The molecular weight excluding hydrogens is 604 g/mol. The monoisotopic (exact) mass is 642 g/mol. The number of hydrogen-bond donors (Lipinski definition) is 4. The van der Waals surface area contributed by atoms with E-state index in [0.29, 0.717) is 0 Å². The first-order valence-corrected chi connectivity index (χ1v) is 16.1. The van der Waals surface area contributed by atoms with Crippen LogP contribution in [0.5, 0.6) is 0 Å². The molecule has 0 unspecified atom stereocenters. The second-order valence-electron chi connectivity index (χ2n) is 12.1. The fourth-order valence-electron chi connectivity index (χ4n) is 6.23. The molecule has 0 radical (unpaired) electrons. The molecule has 4 aromatic carbocycles. The second-order valence-corrected chi connectivity index (χ2v) is 12.1. The molecule has 244 valence electrons. The van der Waals surface area contributed by atoms with Crippen molar-refractivity contribution in [3.05, 3.63) is 109 Å². The highest BCUT2D eigenvalue weighted by atomic mass is 16.5. The van der Waals surface area contributed by atoms with E-state index in [1.54, 1.807) is 0 Å². The van der Waals surface area contributed by atoms with Crippen LogP contribution in [0.15, 0.2) is 109 Å². The van der Waals surface area contributed by atoms with E-state index in [9.17, 15) is 14.7 Å². The zero-order chi connectivity index (χ0) is 33.0. The van der Waals surface area contributed by atoms with Crippen molar-refractivity contribution in [2.45, 2.75) is 25.5 Å². The van der Waals surface area contributed by atoms with E-state index in [1.807, 2.05) is 35.0 Å². The first-order valence-electron chi connectivity index (χ1n) is 16.1. The molecule has 2 aromatic heterocycles. The van der Waals surface area contributed by atoms with Crippen LogP contribution in [0.4, 0.5) is 28.4 Å². The summed E-state index contributed by atoms with van der Waals surface area (Å²) in [4.78, 5) is 25.9. The van der Waals surface area contributed by atoms with E-state index < -0.39 is 5.97 Å². The molecule has 10 heteroatoms. The van der Waals surface area contributed by atoms with Crippen LogP contribution in [0.25, 0.3) is 27.5 Å². The molecule has 0 spiro atoms. The Labute approximate surface area is 278 Å². The van der Waals surface area contributed by atoms with Gasteiger partial charge in [-0.3, -0.25) is 9.59 Å². The van der Waals surface area contributed by atoms with Gasteiger partial charge in [-0.05, 0) is 110 Å². The van der Waals surface area contributed by atoms with Crippen LogP contribution in [0.1, 0.15) is 12.8 Å². The Hall–Kier alpha value is -5.74. The third-order valence-corrected chi connectivity index (χ3v) is 8.85. The van der Waals surface area contributed by atoms with Crippen molar-refractivity contribution in [2.24, 2.45) is 0 Å². The van der Waals surface area contributed by atoms with Crippen LogP contribution in [0, 0.1) is 0 Å². The minimum Gasteiger partial charge on any atom is -0.468 e. The Kier molecular flexibility index (Phi) is 8.72. The second kappa shape index (κ2) is 13.5. The van der Waals surface area contributed by atoms with Crippen molar-refractivity contribution in [1.29, 1.82) is 0 Å². The van der Waals surface area contributed by atoms with E-state index in [4.69, 9.17) is 0 Å². The number of amides is 1. The van der Waals surface area contributed by atoms with Crippen LogP contribution < -0.4 is 20.9 Å². The number of nitrogens with zero attached hydrogens (tertiary/aromatic N) is 3. The highest BCUT2D eigenvalue weighted by Gasteiger charge is 2.17. The number of aromatic nitrogens is 2. The van der Waals surface area contributed by atoms with E-state index in [1.165, 1.54) is 12.8 Å². The number of aliphatic hydroxyl groups excluding tert-OH is 1. The van der Waals surface area contributed by atoms with Gasteiger partial charge in [-0.25, -0.2) is 0 Å². The summed E-state index contributed by atoms with van der Waals surface area (Å²) in [5.41, 5.74) is 8.28. The molecule has 1 aliphatic heterocycles. The maximum Gasteiger partial charge on any atom is 0.325 e. The Morgan fingerprint density at radius 3 is 1.94 bits per heavy atom. The number of anilines is 5. The van der Waals surface area contributed by atoms with Crippen LogP contribution in [0.2, 0.25) is 0 Å². The van der Waals surface area contributed by atoms with Gasteiger partial charge in [-0.2, -0.15) is 0 Å². The van der Waals surface area contributed by atoms with Crippen molar-refractivity contribution >= 4 is 62.1 Å². The number of hydrogen-bond acceptors (Lipinski definition) is 7. The van der Waals surface area contributed by atoms with Gasteiger partial charge in [0.2, 0.25) is 5.91 Å². The SMILES string of the molecule is COC(=O)CNC(=O)Cn1ccc2cc(Nc3ccc(-n4ccc5cc(Nc6ccc(N7CCC(O)CC7)cc6)ccc54)cc3)ccc21. The van der Waals surface area contributed by atoms with Gasteiger partial charge >= 0.3 is 5.97 Å². The number of rotatable bonds is 10. The number of ether oxygens (including phenoxy) is 1. The maximum absolute atomic E-state index is 12.2. The Morgan fingerprint density at radius 1 is 0.729 bits per heavy atom. The van der Waals surface area contributed by atoms with Crippen LogP contribution >= 0.6 is 0 Å². The number of esters is 1. The van der Waals surface area contributed by atoms with Gasteiger partial charge in [0.1, 0.15) is 13.1 Å². The number of fused-ring (bicyclic) bond motifs is 2. The maximum atomic E-state index is 12.2. The predicted octanol–water partition coefficient (Wildman–Crippen LogP) is 6.32. The minimum absolute atomic E-state index is 0.112. The molecular formula is C38H38N6O4. The highest BCUT2D eigenvalue weighted by Crippen LogP contribution is 2.29. The fourth-order valence-corrected chi connectivity index (χ4v) is 6.23. The summed E-state index contributed by atoms with van der Waals surface area (Å²) >= 11 is 0. The minimum atomic E-state index is -0.483. The van der Waals surface area contributed by atoms with E-state index in [-0.39, 0.29) is 25.1 Å². The third-order valence-electron chi connectivity index (χ3n) is 8.85. The van der Waals surface area contributed by atoms with Gasteiger partial charge in [0.05, 0.1) is 18.7 Å². The lowest BCUT2D eigenvalue weighted by Gasteiger charge is -2.31. The molecule has 7 rings (SSSR count). The summed E-state index contributed by atoms with van der Waals surface area (Å²) in [5.74, 6) is -0.742. The Balaban J connectivity index is 0.980. The van der Waals surface area contributed by atoms with Crippen LogP contribution in [-0.4, -0.2) is 59.0 Å². The van der Waals surface area contributed by atoms with Gasteiger partial charge in [0, 0.05) is 75.9 Å². The van der Waals surface area contributed by atoms with Crippen molar-refractivity contribution in [3.63, 3.8) is 0 Å². The molecule has 3 heterocycles. The molecule has 4 N–H and O–H groups in total. The predicted molar refractivity (Wildman–Crippen MR) is 191 cm³/mol. The standard InChI is InChI=1S/C38H38N6O4/c1-48-38(47)24-39-37(46)25-43-18-14-26-22-30(6-12-35(26)43)41-29-4-10-33(11-5-29)44-21-15-27-23-31(7-13-36(27)44)40-28-2-8-32(9-3-28)42-19-16-34(45)17-20-42/h2-15,18,21-23,34,40-41,45H,16-17,19-20,24-25H2,1H3,(H,39,46). The van der Waals surface area contributed by atoms with Gasteiger partial charge in [-0.1, -0.05) is 0 Å². The van der Waals surface area contributed by atoms with Gasteiger partial charge in [-0.15, -0.1) is 0 Å². The number of carbonyl (C=O) groups is 2. The van der Waals surface area contributed by atoms with Crippen molar-refractivity contribution in [2.75, 3.05) is 42.3 Å². The first-order chi connectivity index (χ1) is 23.4. The molecule has 0 atom stereocenters. The Morgan fingerprint density at radius 2 is 1.29 bits per heavy atom. The number of carbonyl (C=O) groups excluding carboxylic acids is 2. The lowest BCUT2D eigenvalue weighted by atomic mass is 10.1. The molecule has 0 aliphatic carbocycles. The quantitative estimate of drug-likeness (QED) is 0.129.